The van der Waals surface area contributed by atoms with Crippen LogP contribution in [0.4, 0.5) is 0 Å². The molecule has 1 atom stereocenters. The van der Waals surface area contributed by atoms with Crippen LogP contribution >= 0.6 is 47.8 Å². The number of halogens is 3. The van der Waals surface area contributed by atoms with Gasteiger partial charge in [-0.3, -0.25) is 4.79 Å². The molecular weight excluding hydrogens is 494 g/mol. The van der Waals surface area contributed by atoms with Gasteiger partial charge in [0, 0.05) is 25.4 Å². The fraction of sp³-hybridized carbons (Fsp3) is 0.125. The van der Waals surface area contributed by atoms with E-state index >= 15 is 0 Å². The first-order valence-corrected chi connectivity index (χ1v) is 8.97. The summed E-state index contributed by atoms with van der Waals surface area (Å²) in [6.45, 7) is 0. The number of aliphatic carboxylic acids is 1. The zero-order chi connectivity index (χ0) is 17.0. The second-order valence-electron chi connectivity index (χ2n) is 4.85. The maximum atomic E-state index is 12.3. The second kappa shape index (κ2) is 8.08. The van der Waals surface area contributed by atoms with Crippen LogP contribution in [0.25, 0.3) is 0 Å². The molecule has 0 aromatic heterocycles. The Bertz CT molecular complexity index is 712. The van der Waals surface area contributed by atoms with E-state index in [1.165, 1.54) is 0 Å². The van der Waals surface area contributed by atoms with E-state index < -0.39 is 17.9 Å². The molecule has 23 heavy (non-hydrogen) atoms. The SMILES string of the molecule is O=C(N[C@H](Cc1ccc(Br)cc1)C(=O)O)c1cc(Br)cc(Br)c1. The number of carbonyl (C=O) groups excluding carboxylic acids is 1. The molecule has 0 fully saturated rings. The van der Waals surface area contributed by atoms with Gasteiger partial charge in [-0.1, -0.05) is 59.9 Å². The molecule has 0 radical (unpaired) electrons. The van der Waals surface area contributed by atoms with Crippen molar-refractivity contribution in [2.75, 3.05) is 0 Å². The number of amides is 1. The maximum absolute atomic E-state index is 12.3. The van der Waals surface area contributed by atoms with Gasteiger partial charge in [0.15, 0.2) is 0 Å². The Morgan fingerprint density at radius 3 is 2.04 bits per heavy atom. The minimum Gasteiger partial charge on any atom is -0.480 e. The van der Waals surface area contributed by atoms with Gasteiger partial charge < -0.3 is 10.4 Å². The van der Waals surface area contributed by atoms with Crippen molar-refractivity contribution in [1.29, 1.82) is 0 Å². The summed E-state index contributed by atoms with van der Waals surface area (Å²) in [7, 11) is 0. The van der Waals surface area contributed by atoms with Crippen LogP contribution in [-0.2, 0) is 11.2 Å². The number of carboxylic acid groups (broad SMARTS) is 1. The van der Waals surface area contributed by atoms with Crippen molar-refractivity contribution in [3.63, 3.8) is 0 Å². The molecule has 0 saturated carbocycles. The molecule has 0 heterocycles. The van der Waals surface area contributed by atoms with Crippen molar-refractivity contribution in [2.45, 2.75) is 12.5 Å². The molecule has 0 spiro atoms. The van der Waals surface area contributed by atoms with Crippen molar-refractivity contribution in [3.8, 4) is 0 Å². The number of nitrogens with one attached hydrogen (secondary N) is 1. The Labute approximate surface area is 158 Å². The summed E-state index contributed by atoms with van der Waals surface area (Å²) in [6, 6.07) is 11.4. The number of carboxylic acids is 1. The summed E-state index contributed by atoms with van der Waals surface area (Å²) in [5.74, 6) is -1.51. The molecule has 2 N–H and O–H groups in total. The fourth-order valence-corrected chi connectivity index (χ4v) is 3.54. The number of carbonyl (C=O) groups is 2. The molecule has 2 aromatic carbocycles. The van der Waals surface area contributed by atoms with Crippen LogP contribution in [-0.4, -0.2) is 23.0 Å². The van der Waals surface area contributed by atoms with E-state index in [-0.39, 0.29) is 6.42 Å². The molecule has 0 aliphatic rings. The van der Waals surface area contributed by atoms with Gasteiger partial charge in [0.25, 0.3) is 5.91 Å². The van der Waals surface area contributed by atoms with Crippen LogP contribution in [0, 0.1) is 0 Å². The Morgan fingerprint density at radius 2 is 1.52 bits per heavy atom. The second-order valence-corrected chi connectivity index (χ2v) is 7.60. The average Bonchev–Trinajstić information content (AvgIpc) is 2.47. The lowest BCUT2D eigenvalue weighted by Crippen LogP contribution is -2.42. The normalized spacial score (nSPS) is 11.8. The van der Waals surface area contributed by atoms with Crippen LogP contribution in [0.5, 0.6) is 0 Å². The first-order chi connectivity index (χ1) is 10.8. The molecule has 2 rings (SSSR count). The third-order valence-corrected chi connectivity index (χ3v) is 4.53. The molecule has 0 aliphatic carbocycles. The minimum atomic E-state index is -1.07. The van der Waals surface area contributed by atoms with E-state index in [1.54, 1.807) is 18.2 Å². The predicted octanol–water partition coefficient (Wildman–Crippen LogP) is 4.40. The smallest absolute Gasteiger partial charge is 0.326 e. The zero-order valence-electron chi connectivity index (χ0n) is 11.7. The van der Waals surface area contributed by atoms with Crippen molar-refractivity contribution in [3.05, 3.63) is 67.0 Å². The highest BCUT2D eigenvalue weighted by molar-refractivity contribution is 9.11. The van der Waals surface area contributed by atoms with Crippen molar-refractivity contribution >= 4 is 59.7 Å². The number of benzene rings is 2. The summed E-state index contributed by atoms with van der Waals surface area (Å²) >= 11 is 9.94. The lowest BCUT2D eigenvalue weighted by molar-refractivity contribution is -0.139. The number of rotatable bonds is 5. The molecule has 0 unspecified atom stereocenters. The van der Waals surface area contributed by atoms with Gasteiger partial charge in [0.1, 0.15) is 6.04 Å². The molecule has 0 saturated heterocycles. The molecule has 0 aliphatic heterocycles. The summed E-state index contributed by atoms with van der Waals surface area (Å²) < 4.78 is 2.38. The molecule has 7 heteroatoms. The Balaban J connectivity index is 2.14. The highest BCUT2D eigenvalue weighted by atomic mass is 79.9. The van der Waals surface area contributed by atoms with E-state index in [2.05, 4.69) is 53.1 Å². The Hall–Kier alpha value is -1.18. The van der Waals surface area contributed by atoms with Crippen LogP contribution in [0.3, 0.4) is 0 Å². The van der Waals surface area contributed by atoms with Gasteiger partial charge in [-0.15, -0.1) is 0 Å². The zero-order valence-corrected chi connectivity index (χ0v) is 16.5. The quantitative estimate of drug-likeness (QED) is 0.633. The molecule has 4 nitrogen and oxygen atoms in total. The average molecular weight is 506 g/mol. The number of hydrogen-bond donors (Lipinski definition) is 2. The predicted molar refractivity (Wildman–Crippen MR) is 98.6 cm³/mol. The van der Waals surface area contributed by atoms with E-state index in [0.717, 1.165) is 19.0 Å². The van der Waals surface area contributed by atoms with E-state index in [1.807, 2.05) is 24.3 Å². The summed E-state index contributed by atoms with van der Waals surface area (Å²) in [5.41, 5.74) is 1.21. The van der Waals surface area contributed by atoms with Crippen LogP contribution in [0.1, 0.15) is 15.9 Å². The third-order valence-electron chi connectivity index (χ3n) is 3.08. The van der Waals surface area contributed by atoms with Gasteiger partial charge in [-0.05, 0) is 35.9 Å². The fourth-order valence-electron chi connectivity index (χ4n) is 1.98. The first-order valence-electron chi connectivity index (χ1n) is 6.59. The van der Waals surface area contributed by atoms with Crippen LogP contribution in [0.2, 0.25) is 0 Å². The molecule has 0 bridgehead atoms. The van der Waals surface area contributed by atoms with Crippen LogP contribution in [0.15, 0.2) is 55.9 Å². The summed E-state index contributed by atoms with van der Waals surface area (Å²) in [6.07, 6.45) is 0.212. The Kier molecular flexibility index (Phi) is 6.38. The summed E-state index contributed by atoms with van der Waals surface area (Å²) in [5, 5.41) is 11.9. The van der Waals surface area contributed by atoms with E-state index in [4.69, 9.17) is 0 Å². The maximum Gasteiger partial charge on any atom is 0.326 e. The van der Waals surface area contributed by atoms with Gasteiger partial charge in [-0.25, -0.2) is 4.79 Å². The molecule has 120 valence electrons. The number of hydrogen-bond acceptors (Lipinski definition) is 2. The molecule has 2 aromatic rings. The van der Waals surface area contributed by atoms with Crippen molar-refractivity contribution in [2.24, 2.45) is 0 Å². The van der Waals surface area contributed by atoms with E-state index in [9.17, 15) is 14.7 Å². The largest absolute Gasteiger partial charge is 0.480 e. The lowest BCUT2D eigenvalue weighted by Gasteiger charge is -2.15. The summed E-state index contributed by atoms with van der Waals surface area (Å²) in [4.78, 5) is 23.7. The first kappa shape index (κ1) is 18.2. The van der Waals surface area contributed by atoms with Crippen molar-refractivity contribution in [1.82, 2.24) is 5.32 Å². The highest BCUT2D eigenvalue weighted by Crippen LogP contribution is 2.20. The van der Waals surface area contributed by atoms with Gasteiger partial charge in [0.2, 0.25) is 0 Å². The van der Waals surface area contributed by atoms with Gasteiger partial charge in [-0.2, -0.15) is 0 Å². The third kappa shape index (κ3) is 5.44. The van der Waals surface area contributed by atoms with Crippen LogP contribution < -0.4 is 5.32 Å². The topological polar surface area (TPSA) is 66.4 Å². The van der Waals surface area contributed by atoms with E-state index in [0.29, 0.717) is 5.56 Å². The Morgan fingerprint density at radius 1 is 0.957 bits per heavy atom. The monoisotopic (exact) mass is 503 g/mol. The molecule has 1 amide bonds. The van der Waals surface area contributed by atoms with Gasteiger partial charge in [0.05, 0.1) is 0 Å². The van der Waals surface area contributed by atoms with Gasteiger partial charge >= 0.3 is 5.97 Å². The standard InChI is InChI=1S/C16H12Br3NO3/c17-11-3-1-9(2-4-11)5-14(16(22)23)20-15(21)10-6-12(18)8-13(19)7-10/h1-4,6-8,14H,5H2,(H,20,21)(H,22,23)/t14-/m1/s1. The minimum absolute atomic E-state index is 0.212. The van der Waals surface area contributed by atoms with Crippen molar-refractivity contribution < 1.29 is 14.7 Å². The molecular formula is C16H12Br3NO3. The lowest BCUT2D eigenvalue weighted by atomic mass is 10.1. The highest BCUT2D eigenvalue weighted by Gasteiger charge is 2.21.